The minimum absolute atomic E-state index is 0.0387. The fourth-order valence-corrected chi connectivity index (χ4v) is 4.06. The zero-order valence-corrected chi connectivity index (χ0v) is 19.5. The number of halogens is 2. The maximum absolute atomic E-state index is 13.5. The van der Waals surface area contributed by atoms with Crippen LogP contribution in [0.5, 0.6) is 0 Å². The average molecular weight is 494 g/mol. The summed E-state index contributed by atoms with van der Waals surface area (Å²) < 4.78 is 28.3. The highest BCUT2D eigenvalue weighted by Crippen LogP contribution is 2.23. The van der Waals surface area contributed by atoms with Gasteiger partial charge < -0.3 is 10.6 Å². The lowest BCUT2D eigenvalue weighted by molar-refractivity contribution is -0.113. The first-order valence-electron chi connectivity index (χ1n) is 10.6. The Labute approximate surface area is 204 Å². The van der Waals surface area contributed by atoms with Crippen molar-refractivity contribution in [2.24, 2.45) is 0 Å². The van der Waals surface area contributed by atoms with Gasteiger partial charge in [-0.15, -0.1) is 10.2 Å². The number of benzene rings is 3. The van der Waals surface area contributed by atoms with Crippen LogP contribution >= 0.6 is 11.8 Å². The predicted octanol–water partition coefficient (Wildman–Crippen LogP) is 4.51. The summed E-state index contributed by atoms with van der Waals surface area (Å²) in [5.41, 5.74) is 2.46. The maximum atomic E-state index is 13.5. The van der Waals surface area contributed by atoms with E-state index in [-0.39, 0.29) is 29.6 Å². The molecule has 0 radical (unpaired) electrons. The van der Waals surface area contributed by atoms with E-state index in [2.05, 4.69) is 20.8 Å². The number of hydrogen-bond acceptors (Lipinski definition) is 5. The molecule has 7 nitrogen and oxygen atoms in total. The van der Waals surface area contributed by atoms with E-state index in [1.165, 1.54) is 54.2 Å². The molecule has 35 heavy (non-hydrogen) atoms. The molecule has 2 N–H and O–H groups in total. The van der Waals surface area contributed by atoms with Crippen molar-refractivity contribution in [1.82, 2.24) is 20.1 Å². The first-order chi connectivity index (χ1) is 16.9. The van der Waals surface area contributed by atoms with Crippen LogP contribution in [0.15, 0.2) is 78.0 Å². The Hall–Kier alpha value is -4.05. The third-order valence-electron chi connectivity index (χ3n) is 4.91. The number of aryl methyl sites for hydroxylation is 1. The highest BCUT2D eigenvalue weighted by Gasteiger charge is 2.17. The van der Waals surface area contributed by atoms with Crippen molar-refractivity contribution >= 4 is 29.3 Å². The Kier molecular flexibility index (Phi) is 7.51. The Bertz CT molecular complexity index is 1360. The van der Waals surface area contributed by atoms with Gasteiger partial charge >= 0.3 is 0 Å². The molecule has 0 spiro atoms. The van der Waals surface area contributed by atoms with Crippen molar-refractivity contribution < 1.29 is 18.4 Å². The van der Waals surface area contributed by atoms with Gasteiger partial charge in [0.2, 0.25) is 5.91 Å². The van der Waals surface area contributed by atoms with E-state index in [9.17, 15) is 18.4 Å². The maximum Gasteiger partial charge on any atom is 0.251 e. The molecular formula is C25H21F2N5O2S. The molecule has 0 aliphatic rings. The van der Waals surface area contributed by atoms with Crippen molar-refractivity contribution in [2.45, 2.75) is 18.6 Å². The second-order valence-electron chi connectivity index (χ2n) is 7.61. The van der Waals surface area contributed by atoms with Crippen molar-refractivity contribution in [2.75, 3.05) is 11.1 Å². The topological polar surface area (TPSA) is 88.9 Å². The molecule has 1 aromatic heterocycles. The molecule has 0 fully saturated rings. The molecule has 4 rings (SSSR count). The van der Waals surface area contributed by atoms with E-state index in [0.29, 0.717) is 16.7 Å². The lowest BCUT2D eigenvalue weighted by atomic mass is 10.2. The monoisotopic (exact) mass is 493 g/mol. The normalized spacial score (nSPS) is 10.7. The van der Waals surface area contributed by atoms with Crippen molar-refractivity contribution in [3.8, 4) is 5.69 Å². The van der Waals surface area contributed by atoms with Gasteiger partial charge in [0, 0.05) is 16.9 Å². The van der Waals surface area contributed by atoms with Gasteiger partial charge in [-0.05, 0) is 67.1 Å². The number of thioether (sulfide) groups is 1. The van der Waals surface area contributed by atoms with E-state index in [4.69, 9.17) is 0 Å². The smallest absolute Gasteiger partial charge is 0.251 e. The first kappa shape index (κ1) is 24.1. The summed E-state index contributed by atoms with van der Waals surface area (Å²) in [7, 11) is 0. The molecule has 10 heteroatoms. The van der Waals surface area contributed by atoms with Crippen LogP contribution in [0.4, 0.5) is 14.5 Å². The van der Waals surface area contributed by atoms with E-state index in [1.54, 1.807) is 4.57 Å². The van der Waals surface area contributed by atoms with Crippen LogP contribution in [0.25, 0.3) is 5.69 Å². The number of nitrogens with zero attached hydrogens (tertiary/aromatic N) is 3. The minimum Gasteiger partial charge on any atom is -0.345 e. The summed E-state index contributed by atoms with van der Waals surface area (Å²) in [5.74, 6) is -1.14. The largest absolute Gasteiger partial charge is 0.345 e. The number of carbonyl (C=O) groups is 2. The summed E-state index contributed by atoms with van der Waals surface area (Å²) in [6.45, 7) is 1.99. The number of hydrogen-bond donors (Lipinski definition) is 2. The molecule has 178 valence electrons. The number of aromatic nitrogens is 3. The SMILES string of the molecule is Cc1cccc(-n2c(CNC(=O)c3cccc(F)c3)nnc2SCC(=O)Nc2ccc(F)cc2)c1. The van der Waals surface area contributed by atoms with Gasteiger partial charge in [0.15, 0.2) is 11.0 Å². The molecule has 0 saturated heterocycles. The standard InChI is InChI=1S/C25H21F2N5O2S/c1-16-4-2-7-21(12-16)32-22(14-28-24(34)17-5-3-6-19(27)13-17)30-31-25(32)35-15-23(33)29-20-10-8-18(26)9-11-20/h2-13H,14-15H2,1H3,(H,28,34)(H,29,33). The molecule has 0 aliphatic carbocycles. The number of amides is 2. The molecule has 0 bridgehead atoms. The Morgan fingerprint density at radius 2 is 1.71 bits per heavy atom. The van der Waals surface area contributed by atoms with Crippen LogP contribution < -0.4 is 10.6 Å². The van der Waals surface area contributed by atoms with E-state index >= 15 is 0 Å². The quantitative estimate of drug-likeness (QED) is 0.353. The van der Waals surface area contributed by atoms with Gasteiger partial charge in [0.05, 0.1) is 12.3 Å². The summed E-state index contributed by atoms with van der Waals surface area (Å²) in [5, 5.41) is 14.3. The number of rotatable bonds is 8. The molecular weight excluding hydrogens is 472 g/mol. The Morgan fingerprint density at radius 1 is 0.943 bits per heavy atom. The molecule has 3 aromatic carbocycles. The van der Waals surface area contributed by atoms with Gasteiger partial charge in [0.25, 0.3) is 5.91 Å². The lowest BCUT2D eigenvalue weighted by Gasteiger charge is -2.12. The predicted molar refractivity (Wildman–Crippen MR) is 129 cm³/mol. The van der Waals surface area contributed by atoms with Gasteiger partial charge in [-0.3, -0.25) is 14.2 Å². The van der Waals surface area contributed by atoms with Crippen molar-refractivity contribution in [1.29, 1.82) is 0 Å². The molecule has 1 heterocycles. The molecule has 2 amide bonds. The van der Waals surface area contributed by atoms with Crippen molar-refractivity contribution in [3.05, 3.63) is 101 Å². The third kappa shape index (κ3) is 6.30. The van der Waals surface area contributed by atoms with Gasteiger partial charge in [-0.2, -0.15) is 0 Å². The van der Waals surface area contributed by atoms with E-state index in [0.717, 1.165) is 17.3 Å². The van der Waals surface area contributed by atoms with Gasteiger partial charge in [-0.1, -0.05) is 30.0 Å². The summed E-state index contributed by atoms with van der Waals surface area (Å²) in [6, 6.07) is 18.5. The van der Waals surface area contributed by atoms with E-state index < -0.39 is 11.7 Å². The fourth-order valence-electron chi connectivity index (χ4n) is 3.29. The zero-order chi connectivity index (χ0) is 24.8. The summed E-state index contributed by atoms with van der Waals surface area (Å²) in [4.78, 5) is 24.9. The number of anilines is 1. The molecule has 0 saturated carbocycles. The second kappa shape index (κ2) is 10.9. The first-order valence-corrected chi connectivity index (χ1v) is 11.6. The van der Waals surface area contributed by atoms with Crippen LogP contribution in [0.1, 0.15) is 21.7 Å². The average Bonchev–Trinajstić information content (AvgIpc) is 3.25. The third-order valence-corrected chi connectivity index (χ3v) is 5.84. The summed E-state index contributed by atoms with van der Waals surface area (Å²) >= 11 is 1.17. The molecule has 0 aliphatic heterocycles. The lowest BCUT2D eigenvalue weighted by Crippen LogP contribution is -2.24. The molecule has 4 aromatic rings. The highest BCUT2D eigenvalue weighted by atomic mass is 32.2. The fraction of sp³-hybridized carbons (Fsp3) is 0.120. The van der Waals surface area contributed by atoms with E-state index in [1.807, 2.05) is 31.2 Å². The van der Waals surface area contributed by atoms with Gasteiger partial charge in [0.1, 0.15) is 11.6 Å². The number of carbonyl (C=O) groups excluding carboxylic acids is 2. The number of nitrogens with one attached hydrogen (secondary N) is 2. The van der Waals surface area contributed by atoms with Crippen LogP contribution in [0, 0.1) is 18.6 Å². The Balaban J connectivity index is 1.50. The second-order valence-corrected chi connectivity index (χ2v) is 8.55. The molecule has 0 unspecified atom stereocenters. The molecule has 0 atom stereocenters. The summed E-state index contributed by atoms with van der Waals surface area (Å²) in [6.07, 6.45) is 0. The van der Waals surface area contributed by atoms with Crippen LogP contribution in [-0.2, 0) is 11.3 Å². The van der Waals surface area contributed by atoms with Gasteiger partial charge in [-0.25, -0.2) is 8.78 Å². The van der Waals surface area contributed by atoms with Crippen LogP contribution in [0.3, 0.4) is 0 Å². The minimum atomic E-state index is -0.502. The zero-order valence-electron chi connectivity index (χ0n) is 18.7. The van der Waals surface area contributed by atoms with Crippen molar-refractivity contribution in [3.63, 3.8) is 0 Å². The highest BCUT2D eigenvalue weighted by molar-refractivity contribution is 7.99. The van der Waals surface area contributed by atoms with Crippen LogP contribution in [-0.4, -0.2) is 32.3 Å². The van der Waals surface area contributed by atoms with Crippen LogP contribution in [0.2, 0.25) is 0 Å². The Morgan fingerprint density at radius 3 is 2.46 bits per heavy atom.